The maximum absolute atomic E-state index is 12.9. The number of alkyl halides is 7. The summed E-state index contributed by atoms with van der Waals surface area (Å²) in [6.45, 7) is 1.34. The van der Waals surface area contributed by atoms with Crippen molar-refractivity contribution in [2.24, 2.45) is 0 Å². The second-order valence-electron chi connectivity index (χ2n) is 4.09. The molecule has 0 aliphatic carbocycles. The molecule has 11 heteroatoms. The number of ether oxygens (including phenoxy) is 2. The summed E-state index contributed by atoms with van der Waals surface area (Å²) >= 11 is 5.42. The Bertz CT molecular complexity index is 573. The Morgan fingerprint density at radius 1 is 1.22 bits per heavy atom. The molecule has 4 nitrogen and oxygen atoms in total. The molecule has 0 unspecified atom stereocenters. The van der Waals surface area contributed by atoms with Gasteiger partial charge < -0.3 is 9.47 Å². The number of nitrogens with zero attached hydrogens (tertiary/aromatic N) is 1. The van der Waals surface area contributed by atoms with Crippen molar-refractivity contribution < 1.29 is 40.6 Å². The van der Waals surface area contributed by atoms with Gasteiger partial charge in [-0.25, -0.2) is 4.98 Å². The second-order valence-corrected chi connectivity index (χ2v) is 4.36. The van der Waals surface area contributed by atoms with E-state index < -0.39 is 53.4 Å². The van der Waals surface area contributed by atoms with Gasteiger partial charge in [-0.1, -0.05) is 0 Å². The molecule has 130 valence electrons. The molecular formula is C12H10ClF6NO3. The Morgan fingerprint density at radius 3 is 2.26 bits per heavy atom. The zero-order valence-corrected chi connectivity index (χ0v) is 12.3. The number of hydrogen-bond acceptors (Lipinski definition) is 4. The molecular weight excluding hydrogens is 356 g/mol. The van der Waals surface area contributed by atoms with E-state index in [-0.39, 0.29) is 12.8 Å². The Hall–Kier alpha value is -1.71. The van der Waals surface area contributed by atoms with E-state index in [2.05, 4.69) is 14.5 Å². The quantitative estimate of drug-likeness (QED) is 0.452. The van der Waals surface area contributed by atoms with Crippen LogP contribution in [0.1, 0.15) is 23.7 Å². The van der Waals surface area contributed by atoms with Crippen LogP contribution in [0.25, 0.3) is 0 Å². The Morgan fingerprint density at radius 2 is 1.83 bits per heavy atom. The number of hydrogen-bond donors (Lipinski definition) is 0. The predicted octanol–water partition coefficient (Wildman–Crippen LogP) is 3.84. The van der Waals surface area contributed by atoms with Crippen LogP contribution < -0.4 is 4.74 Å². The summed E-state index contributed by atoms with van der Waals surface area (Å²) in [6, 6.07) is 0. The topological polar surface area (TPSA) is 48.4 Å². The van der Waals surface area contributed by atoms with Gasteiger partial charge in [0.05, 0.1) is 19.2 Å². The van der Waals surface area contributed by atoms with E-state index in [4.69, 9.17) is 11.6 Å². The highest BCUT2D eigenvalue weighted by Gasteiger charge is 2.39. The summed E-state index contributed by atoms with van der Waals surface area (Å²) < 4.78 is 83.8. The first kappa shape index (κ1) is 19.3. The van der Waals surface area contributed by atoms with Crippen LogP contribution in [0, 0.1) is 0 Å². The zero-order chi connectivity index (χ0) is 17.8. The lowest BCUT2D eigenvalue weighted by atomic mass is 10.0. The zero-order valence-electron chi connectivity index (χ0n) is 11.5. The predicted molar refractivity (Wildman–Crippen MR) is 65.8 cm³/mol. The highest BCUT2D eigenvalue weighted by molar-refractivity contribution is 6.17. The van der Waals surface area contributed by atoms with Crippen molar-refractivity contribution in [2.45, 2.75) is 31.8 Å². The molecule has 0 aromatic carbocycles. The van der Waals surface area contributed by atoms with Crippen molar-refractivity contribution in [2.75, 3.05) is 6.61 Å². The molecule has 0 bridgehead atoms. The molecule has 0 N–H and O–H groups in total. The van der Waals surface area contributed by atoms with Gasteiger partial charge in [-0.15, -0.1) is 24.8 Å². The van der Waals surface area contributed by atoms with Gasteiger partial charge in [-0.3, -0.25) is 4.79 Å². The fourth-order valence-electron chi connectivity index (χ4n) is 1.72. The van der Waals surface area contributed by atoms with Crippen LogP contribution in [0.4, 0.5) is 26.3 Å². The highest BCUT2D eigenvalue weighted by Crippen LogP contribution is 2.37. The first-order chi connectivity index (χ1) is 10.5. The van der Waals surface area contributed by atoms with Gasteiger partial charge in [0.2, 0.25) is 0 Å². The smallest absolute Gasteiger partial charge is 0.466 e. The molecule has 0 aliphatic heterocycles. The third kappa shape index (κ3) is 5.45. The number of halogens is 7. The van der Waals surface area contributed by atoms with Crippen molar-refractivity contribution in [3.63, 3.8) is 0 Å². The Kier molecular flexibility index (Phi) is 6.09. The van der Waals surface area contributed by atoms with E-state index in [1.807, 2.05) is 0 Å². The molecule has 0 atom stereocenters. The van der Waals surface area contributed by atoms with Gasteiger partial charge >= 0.3 is 18.5 Å². The lowest BCUT2D eigenvalue weighted by Gasteiger charge is -2.18. The van der Waals surface area contributed by atoms with Crippen molar-refractivity contribution in [1.29, 1.82) is 0 Å². The molecule has 0 saturated heterocycles. The number of rotatable bonds is 5. The summed E-state index contributed by atoms with van der Waals surface area (Å²) in [5.74, 6) is -2.87. The number of carbonyl (C=O) groups excluding carboxylic acids is 1. The standard InChI is InChI=1S/C12H10ClF6NO3/c1-2-22-9(21)3-6-7(4-13)10(11(14,15)16)20-5-8(6)23-12(17,18)19/h5H,2-4H2,1H3. The van der Waals surface area contributed by atoms with Crippen LogP contribution in [0.3, 0.4) is 0 Å². The largest absolute Gasteiger partial charge is 0.573 e. The summed E-state index contributed by atoms with van der Waals surface area (Å²) in [4.78, 5) is 14.4. The van der Waals surface area contributed by atoms with Crippen LogP contribution in [-0.4, -0.2) is 23.9 Å². The van der Waals surface area contributed by atoms with Crippen LogP contribution >= 0.6 is 11.6 Å². The first-order valence-electron chi connectivity index (χ1n) is 6.04. The molecule has 1 heterocycles. The monoisotopic (exact) mass is 365 g/mol. The van der Waals surface area contributed by atoms with Crippen molar-refractivity contribution in [1.82, 2.24) is 4.98 Å². The van der Waals surface area contributed by atoms with Crippen molar-refractivity contribution in [3.8, 4) is 5.75 Å². The van der Waals surface area contributed by atoms with Gasteiger partial charge in [-0.2, -0.15) is 13.2 Å². The third-order valence-electron chi connectivity index (χ3n) is 2.51. The molecule has 1 rings (SSSR count). The van der Waals surface area contributed by atoms with Gasteiger partial charge in [0, 0.05) is 17.0 Å². The molecule has 0 spiro atoms. The van der Waals surface area contributed by atoms with E-state index >= 15 is 0 Å². The average molecular weight is 366 g/mol. The minimum atomic E-state index is -5.17. The molecule has 1 aromatic heterocycles. The fourth-order valence-corrected chi connectivity index (χ4v) is 2.01. The summed E-state index contributed by atoms with van der Waals surface area (Å²) in [7, 11) is 0. The fraction of sp³-hybridized carbons (Fsp3) is 0.500. The minimum Gasteiger partial charge on any atom is -0.466 e. The van der Waals surface area contributed by atoms with E-state index in [1.165, 1.54) is 6.92 Å². The average Bonchev–Trinajstić information content (AvgIpc) is 2.37. The summed E-state index contributed by atoms with van der Waals surface area (Å²) in [5.41, 5.74) is -2.92. The van der Waals surface area contributed by atoms with Crippen LogP contribution in [0.5, 0.6) is 5.75 Å². The minimum absolute atomic E-state index is 0.0955. The second kappa shape index (κ2) is 7.24. The van der Waals surface area contributed by atoms with Gasteiger partial charge in [-0.05, 0) is 6.92 Å². The van der Waals surface area contributed by atoms with Crippen molar-refractivity contribution in [3.05, 3.63) is 23.0 Å². The molecule has 0 saturated carbocycles. The third-order valence-corrected chi connectivity index (χ3v) is 2.78. The number of carbonyl (C=O) groups is 1. The van der Waals surface area contributed by atoms with Gasteiger partial charge in [0.1, 0.15) is 5.69 Å². The lowest BCUT2D eigenvalue weighted by Crippen LogP contribution is -2.22. The van der Waals surface area contributed by atoms with Crippen LogP contribution in [0.2, 0.25) is 0 Å². The number of aromatic nitrogens is 1. The normalized spacial score (nSPS) is 12.2. The molecule has 0 amide bonds. The molecule has 0 radical (unpaired) electrons. The maximum Gasteiger partial charge on any atom is 0.573 e. The molecule has 23 heavy (non-hydrogen) atoms. The van der Waals surface area contributed by atoms with E-state index in [0.717, 1.165) is 0 Å². The van der Waals surface area contributed by atoms with E-state index in [0.29, 0.717) is 0 Å². The van der Waals surface area contributed by atoms with Crippen LogP contribution in [0.15, 0.2) is 6.20 Å². The number of esters is 1. The maximum atomic E-state index is 12.9. The van der Waals surface area contributed by atoms with E-state index in [1.54, 1.807) is 0 Å². The Labute approximate surface area is 131 Å². The molecule has 0 fully saturated rings. The Balaban J connectivity index is 3.44. The SMILES string of the molecule is CCOC(=O)Cc1c(OC(F)(F)F)cnc(C(F)(F)F)c1CCl. The van der Waals surface area contributed by atoms with Gasteiger partial charge in [0.25, 0.3) is 0 Å². The molecule has 1 aromatic rings. The van der Waals surface area contributed by atoms with E-state index in [9.17, 15) is 31.1 Å². The molecule has 0 aliphatic rings. The number of pyridine rings is 1. The summed E-state index contributed by atoms with van der Waals surface area (Å²) in [5, 5.41) is 0. The van der Waals surface area contributed by atoms with Gasteiger partial charge in [0.15, 0.2) is 5.75 Å². The van der Waals surface area contributed by atoms with Crippen LogP contribution in [-0.2, 0) is 28.0 Å². The first-order valence-corrected chi connectivity index (χ1v) is 6.58. The summed E-state index contributed by atoms with van der Waals surface area (Å²) in [6.07, 6.45) is -10.7. The highest BCUT2D eigenvalue weighted by atomic mass is 35.5. The lowest BCUT2D eigenvalue weighted by molar-refractivity contribution is -0.275. The van der Waals surface area contributed by atoms with Crippen molar-refractivity contribution >= 4 is 17.6 Å².